The standard InChI is InChI=1S/C35H30O4/c1-2-36-23-39-29-17-13-27(14-18-29)35(26-11-15-28(16-12-26)37-21-30-22-38-30)33-10-6-5-9-31(33)32-19-24-7-3-4-8-25(24)20-34(32)35/h3-20,30H,2,21-23H2,1H3. The predicted molar refractivity (Wildman–Crippen MR) is 154 cm³/mol. The van der Waals surface area contributed by atoms with Crippen molar-refractivity contribution in [2.45, 2.75) is 18.4 Å². The van der Waals surface area contributed by atoms with E-state index in [9.17, 15) is 0 Å². The summed E-state index contributed by atoms with van der Waals surface area (Å²) in [7, 11) is 0. The Kier molecular flexibility index (Phi) is 6.07. The second-order valence-electron chi connectivity index (χ2n) is 10.1. The zero-order valence-corrected chi connectivity index (χ0v) is 21.9. The Bertz CT molecular complexity index is 1620. The van der Waals surface area contributed by atoms with Gasteiger partial charge >= 0.3 is 0 Å². The quantitative estimate of drug-likeness (QED) is 0.115. The Hall–Kier alpha value is -4.12. The van der Waals surface area contributed by atoms with Crippen molar-refractivity contribution >= 4 is 10.8 Å². The first-order valence-corrected chi connectivity index (χ1v) is 13.6. The van der Waals surface area contributed by atoms with E-state index in [1.165, 1.54) is 44.2 Å². The van der Waals surface area contributed by atoms with Crippen LogP contribution in [0.15, 0.2) is 109 Å². The fourth-order valence-electron chi connectivity index (χ4n) is 5.90. The summed E-state index contributed by atoms with van der Waals surface area (Å²) in [5.41, 5.74) is 6.99. The number of ether oxygens (including phenoxy) is 4. The van der Waals surface area contributed by atoms with Gasteiger partial charge in [-0.2, -0.15) is 0 Å². The molecule has 4 nitrogen and oxygen atoms in total. The van der Waals surface area contributed by atoms with Gasteiger partial charge < -0.3 is 18.9 Å². The number of epoxide rings is 1. The van der Waals surface area contributed by atoms with Crippen LogP contribution >= 0.6 is 0 Å². The van der Waals surface area contributed by atoms with E-state index in [2.05, 4.69) is 97.1 Å². The first-order chi connectivity index (χ1) is 19.3. The minimum atomic E-state index is -0.494. The lowest BCUT2D eigenvalue weighted by atomic mass is 9.67. The van der Waals surface area contributed by atoms with Crippen molar-refractivity contribution in [1.82, 2.24) is 0 Å². The maximum Gasteiger partial charge on any atom is 0.189 e. The van der Waals surface area contributed by atoms with E-state index in [0.29, 0.717) is 13.2 Å². The van der Waals surface area contributed by atoms with Gasteiger partial charge in [-0.05, 0) is 87.5 Å². The lowest BCUT2D eigenvalue weighted by Gasteiger charge is -2.34. The Balaban J connectivity index is 1.42. The van der Waals surface area contributed by atoms with Gasteiger partial charge in [0.2, 0.25) is 0 Å². The zero-order chi connectivity index (χ0) is 26.2. The summed E-state index contributed by atoms with van der Waals surface area (Å²) in [6.45, 7) is 4.20. The van der Waals surface area contributed by atoms with Crippen LogP contribution in [0.4, 0.5) is 0 Å². The highest BCUT2D eigenvalue weighted by Crippen LogP contribution is 2.57. The van der Waals surface area contributed by atoms with Crippen LogP contribution in [0.1, 0.15) is 29.2 Å². The molecule has 0 amide bonds. The summed E-state index contributed by atoms with van der Waals surface area (Å²) in [6.07, 6.45) is 0.223. The van der Waals surface area contributed by atoms with Gasteiger partial charge in [-0.25, -0.2) is 0 Å². The molecule has 0 saturated carbocycles. The molecule has 2 atom stereocenters. The number of benzene rings is 5. The molecule has 5 aromatic carbocycles. The minimum Gasteiger partial charge on any atom is -0.491 e. The molecule has 0 bridgehead atoms. The number of hydrogen-bond donors (Lipinski definition) is 0. The molecule has 0 aromatic heterocycles. The molecule has 2 unspecified atom stereocenters. The molecule has 194 valence electrons. The molecule has 7 rings (SSSR count). The van der Waals surface area contributed by atoms with E-state index in [1.807, 2.05) is 19.1 Å². The highest BCUT2D eigenvalue weighted by molar-refractivity contribution is 5.95. The third-order valence-corrected chi connectivity index (χ3v) is 7.84. The van der Waals surface area contributed by atoms with E-state index >= 15 is 0 Å². The Morgan fingerprint density at radius 2 is 1.31 bits per heavy atom. The molecule has 1 fully saturated rings. The third-order valence-electron chi connectivity index (χ3n) is 7.84. The number of rotatable bonds is 9. The van der Waals surface area contributed by atoms with Crippen LogP contribution in [-0.2, 0) is 14.9 Å². The molecule has 1 heterocycles. The SMILES string of the molecule is CCOCOc1ccc(C2(c3ccc(OCC4CO4)cc3)c3ccccc3-c3cc4ccccc4cc32)cc1. The molecular weight excluding hydrogens is 484 g/mol. The van der Waals surface area contributed by atoms with Crippen LogP contribution in [0.2, 0.25) is 0 Å². The zero-order valence-electron chi connectivity index (χ0n) is 21.9. The smallest absolute Gasteiger partial charge is 0.189 e. The van der Waals surface area contributed by atoms with Crippen LogP contribution in [-0.4, -0.2) is 32.7 Å². The van der Waals surface area contributed by atoms with Gasteiger partial charge in [0.05, 0.1) is 12.0 Å². The number of hydrogen-bond acceptors (Lipinski definition) is 4. The summed E-state index contributed by atoms with van der Waals surface area (Å²) in [5.74, 6) is 1.65. The monoisotopic (exact) mass is 514 g/mol. The molecule has 0 radical (unpaired) electrons. The molecule has 1 aliphatic carbocycles. The van der Waals surface area contributed by atoms with Gasteiger partial charge in [0.15, 0.2) is 6.79 Å². The van der Waals surface area contributed by atoms with E-state index < -0.39 is 5.41 Å². The van der Waals surface area contributed by atoms with Gasteiger partial charge in [0.25, 0.3) is 0 Å². The first kappa shape index (κ1) is 24.0. The first-order valence-electron chi connectivity index (χ1n) is 13.6. The summed E-state index contributed by atoms with van der Waals surface area (Å²) in [4.78, 5) is 0. The molecule has 1 saturated heterocycles. The predicted octanol–water partition coefficient (Wildman–Crippen LogP) is 7.35. The van der Waals surface area contributed by atoms with Crippen molar-refractivity contribution in [2.24, 2.45) is 0 Å². The molecule has 39 heavy (non-hydrogen) atoms. The molecule has 2 aliphatic rings. The van der Waals surface area contributed by atoms with Crippen LogP contribution < -0.4 is 9.47 Å². The Labute approximate surface area is 228 Å². The van der Waals surface area contributed by atoms with E-state index in [4.69, 9.17) is 18.9 Å². The van der Waals surface area contributed by atoms with E-state index in [0.717, 1.165) is 18.1 Å². The third kappa shape index (κ3) is 4.17. The van der Waals surface area contributed by atoms with Crippen molar-refractivity contribution in [2.75, 3.05) is 26.6 Å². The van der Waals surface area contributed by atoms with Crippen molar-refractivity contribution in [1.29, 1.82) is 0 Å². The van der Waals surface area contributed by atoms with E-state index in [1.54, 1.807) is 0 Å². The Morgan fingerprint density at radius 1 is 0.692 bits per heavy atom. The highest BCUT2D eigenvalue weighted by atomic mass is 16.7. The lowest BCUT2D eigenvalue weighted by Crippen LogP contribution is -2.28. The minimum absolute atomic E-state index is 0.223. The fourth-order valence-corrected chi connectivity index (χ4v) is 5.90. The van der Waals surface area contributed by atoms with Crippen molar-refractivity contribution < 1.29 is 18.9 Å². The summed E-state index contributed by atoms with van der Waals surface area (Å²) >= 11 is 0. The maximum absolute atomic E-state index is 5.99. The van der Waals surface area contributed by atoms with Crippen LogP contribution in [0.5, 0.6) is 11.5 Å². The topological polar surface area (TPSA) is 40.2 Å². The number of fused-ring (bicyclic) bond motifs is 4. The van der Waals surface area contributed by atoms with E-state index in [-0.39, 0.29) is 12.9 Å². The average Bonchev–Trinajstić information content (AvgIpc) is 3.78. The molecular formula is C35H30O4. The largest absolute Gasteiger partial charge is 0.491 e. The normalized spacial score (nSPS) is 18.9. The lowest BCUT2D eigenvalue weighted by molar-refractivity contribution is 0.0224. The molecule has 1 aliphatic heterocycles. The summed E-state index contributed by atoms with van der Waals surface area (Å²) in [5, 5.41) is 2.47. The van der Waals surface area contributed by atoms with Gasteiger partial charge in [-0.3, -0.25) is 0 Å². The van der Waals surface area contributed by atoms with Gasteiger partial charge in [-0.15, -0.1) is 0 Å². The molecule has 4 heteroatoms. The second-order valence-corrected chi connectivity index (χ2v) is 10.1. The highest BCUT2D eigenvalue weighted by Gasteiger charge is 2.46. The molecule has 0 N–H and O–H groups in total. The molecule has 5 aromatic rings. The maximum atomic E-state index is 5.99. The van der Waals surface area contributed by atoms with Crippen molar-refractivity contribution in [3.63, 3.8) is 0 Å². The van der Waals surface area contributed by atoms with Crippen molar-refractivity contribution in [3.05, 3.63) is 131 Å². The summed E-state index contributed by atoms with van der Waals surface area (Å²) < 4.78 is 22.5. The van der Waals surface area contributed by atoms with Gasteiger partial charge in [0.1, 0.15) is 24.2 Å². The van der Waals surface area contributed by atoms with Crippen molar-refractivity contribution in [3.8, 4) is 22.6 Å². The van der Waals surface area contributed by atoms with Gasteiger partial charge in [0, 0.05) is 6.61 Å². The fraction of sp³-hybridized carbons (Fsp3) is 0.200. The van der Waals surface area contributed by atoms with Crippen LogP contribution in [0.3, 0.4) is 0 Å². The summed E-state index contributed by atoms with van der Waals surface area (Å²) in [6, 6.07) is 39.2. The molecule has 0 spiro atoms. The Morgan fingerprint density at radius 3 is 1.97 bits per heavy atom. The second kappa shape index (κ2) is 9.88. The average molecular weight is 515 g/mol. The van der Waals surface area contributed by atoms with Crippen LogP contribution in [0.25, 0.3) is 21.9 Å². The van der Waals surface area contributed by atoms with Crippen LogP contribution in [0, 0.1) is 0 Å². The van der Waals surface area contributed by atoms with Gasteiger partial charge in [-0.1, -0.05) is 72.8 Å².